The van der Waals surface area contributed by atoms with Crippen LogP contribution in [0.4, 0.5) is 17.6 Å². The maximum Gasteiger partial charge on any atom is 0.130 e. The first-order valence-corrected chi connectivity index (χ1v) is 6.63. The number of benzene rings is 2. The van der Waals surface area contributed by atoms with Gasteiger partial charge >= 0.3 is 0 Å². The van der Waals surface area contributed by atoms with Gasteiger partial charge in [0.15, 0.2) is 0 Å². The lowest BCUT2D eigenvalue weighted by Gasteiger charge is -2.19. The first-order valence-electron chi connectivity index (χ1n) is 6.63. The average Bonchev–Trinajstić information content (AvgIpc) is 2.41. The molecule has 0 aromatic heterocycles. The summed E-state index contributed by atoms with van der Waals surface area (Å²) in [5, 5.41) is 3.03. The quantitative estimate of drug-likeness (QED) is 0.818. The zero-order valence-electron chi connectivity index (χ0n) is 11.5. The van der Waals surface area contributed by atoms with Gasteiger partial charge in [-0.15, -0.1) is 0 Å². The molecule has 2 aromatic rings. The van der Waals surface area contributed by atoms with Crippen molar-refractivity contribution < 1.29 is 17.6 Å². The van der Waals surface area contributed by atoms with E-state index in [1.807, 2.05) is 6.92 Å². The van der Waals surface area contributed by atoms with Gasteiger partial charge in [0.2, 0.25) is 0 Å². The molecule has 0 amide bonds. The Labute approximate surface area is 120 Å². The monoisotopic (exact) mass is 297 g/mol. The van der Waals surface area contributed by atoms with Crippen LogP contribution in [0.2, 0.25) is 0 Å². The molecule has 0 heterocycles. The van der Waals surface area contributed by atoms with Gasteiger partial charge in [0.1, 0.15) is 23.3 Å². The van der Waals surface area contributed by atoms with E-state index in [2.05, 4.69) is 5.32 Å². The molecular weight excluding hydrogens is 282 g/mol. The standard InChI is InChI=1S/C16H15F4N/c1-2-21-16(13-6-5-12(18)9-15(13)20)7-10-3-4-11(17)8-14(10)19/h3-6,8-9,16,21H,2,7H2,1H3. The summed E-state index contributed by atoms with van der Waals surface area (Å²) in [4.78, 5) is 0. The van der Waals surface area contributed by atoms with Gasteiger partial charge < -0.3 is 5.32 Å². The first-order chi connectivity index (χ1) is 10.0. The largest absolute Gasteiger partial charge is 0.310 e. The molecule has 1 atom stereocenters. The van der Waals surface area contributed by atoms with E-state index in [1.165, 1.54) is 12.1 Å². The number of likely N-dealkylation sites (N-methyl/N-ethyl adjacent to an activating group) is 1. The molecule has 1 nitrogen and oxygen atoms in total. The van der Waals surface area contributed by atoms with Gasteiger partial charge in [-0.3, -0.25) is 0 Å². The molecule has 2 rings (SSSR count). The summed E-state index contributed by atoms with van der Waals surface area (Å²) in [6, 6.07) is 6.04. The van der Waals surface area contributed by atoms with Crippen LogP contribution < -0.4 is 5.32 Å². The lowest BCUT2D eigenvalue weighted by Crippen LogP contribution is -2.24. The summed E-state index contributed by atoms with van der Waals surface area (Å²) in [6.07, 6.45) is 0.141. The zero-order valence-corrected chi connectivity index (χ0v) is 11.5. The van der Waals surface area contributed by atoms with Crippen molar-refractivity contribution in [1.29, 1.82) is 0 Å². The van der Waals surface area contributed by atoms with E-state index in [0.717, 1.165) is 24.3 Å². The SMILES string of the molecule is CCNC(Cc1ccc(F)cc1F)c1ccc(F)cc1F. The average molecular weight is 297 g/mol. The lowest BCUT2D eigenvalue weighted by atomic mass is 9.98. The maximum absolute atomic E-state index is 13.9. The molecule has 0 aliphatic carbocycles. The van der Waals surface area contributed by atoms with Gasteiger partial charge in [-0.1, -0.05) is 19.1 Å². The van der Waals surface area contributed by atoms with Crippen LogP contribution in [-0.2, 0) is 6.42 Å². The van der Waals surface area contributed by atoms with E-state index < -0.39 is 29.3 Å². The molecule has 0 aliphatic heterocycles. The van der Waals surface area contributed by atoms with Crippen molar-refractivity contribution in [3.05, 3.63) is 70.8 Å². The van der Waals surface area contributed by atoms with E-state index in [-0.39, 0.29) is 17.5 Å². The fourth-order valence-corrected chi connectivity index (χ4v) is 2.23. The molecule has 21 heavy (non-hydrogen) atoms. The fourth-order valence-electron chi connectivity index (χ4n) is 2.23. The van der Waals surface area contributed by atoms with Crippen molar-refractivity contribution in [3.63, 3.8) is 0 Å². The van der Waals surface area contributed by atoms with Crippen LogP contribution in [0.3, 0.4) is 0 Å². The second-order valence-electron chi connectivity index (χ2n) is 4.72. The van der Waals surface area contributed by atoms with Crippen molar-refractivity contribution in [1.82, 2.24) is 5.32 Å². The molecule has 1 unspecified atom stereocenters. The van der Waals surface area contributed by atoms with Crippen LogP contribution in [0.1, 0.15) is 24.1 Å². The minimum atomic E-state index is -0.691. The molecule has 0 radical (unpaired) electrons. The van der Waals surface area contributed by atoms with Crippen molar-refractivity contribution >= 4 is 0 Å². The van der Waals surface area contributed by atoms with Gasteiger partial charge in [-0.25, -0.2) is 17.6 Å². The van der Waals surface area contributed by atoms with Crippen LogP contribution in [-0.4, -0.2) is 6.54 Å². The normalized spacial score (nSPS) is 12.4. The van der Waals surface area contributed by atoms with E-state index in [4.69, 9.17) is 0 Å². The Bertz CT molecular complexity index is 628. The van der Waals surface area contributed by atoms with Crippen molar-refractivity contribution in [2.45, 2.75) is 19.4 Å². The second kappa shape index (κ2) is 6.72. The van der Waals surface area contributed by atoms with E-state index in [9.17, 15) is 17.6 Å². The number of hydrogen-bond donors (Lipinski definition) is 1. The lowest BCUT2D eigenvalue weighted by molar-refractivity contribution is 0.490. The van der Waals surface area contributed by atoms with E-state index in [1.54, 1.807) is 0 Å². The molecule has 0 saturated heterocycles. The van der Waals surface area contributed by atoms with Gasteiger partial charge in [0.05, 0.1) is 0 Å². The Balaban J connectivity index is 2.30. The van der Waals surface area contributed by atoms with Crippen molar-refractivity contribution in [3.8, 4) is 0 Å². The number of hydrogen-bond acceptors (Lipinski definition) is 1. The summed E-state index contributed by atoms with van der Waals surface area (Å²) >= 11 is 0. The Hall–Kier alpha value is -1.88. The predicted octanol–water partition coefficient (Wildman–Crippen LogP) is 4.14. The summed E-state index contributed by atoms with van der Waals surface area (Å²) in [5.41, 5.74) is 0.521. The van der Waals surface area contributed by atoms with Crippen LogP contribution in [0.25, 0.3) is 0 Å². The summed E-state index contributed by atoms with van der Waals surface area (Å²) in [7, 11) is 0. The highest BCUT2D eigenvalue weighted by atomic mass is 19.1. The molecule has 0 fully saturated rings. The number of rotatable bonds is 5. The van der Waals surface area contributed by atoms with Crippen molar-refractivity contribution in [2.24, 2.45) is 0 Å². The van der Waals surface area contributed by atoms with Gasteiger partial charge in [-0.2, -0.15) is 0 Å². The van der Waals surface area contributed by atoms with Crippen LogP contribution >= 0.6 is 0 Å². The minimum Gasteiger partial charge on any atom is -0.310 e. The fraction of sp³-hybridized carbons (Fsp3) is 0.250. The molecule has 0 bridgehead atoms. The summed E-state index contributed by atoms with van der Waals surface area (Å²) in [6.45, 7) is 2.36. The van der Waals surface area contributed by atoms with E-state index in [0.29, 0.717) is 6.54 Å². The van der Waals surface area contributed by atoms with Gasteiger partial charge in [0.25, 0.3) is 0 Å². The Kier molecular flexibility index (Phi) is 4.96. The molecule has 0 spiro atoms. The third-order valence-electron chi connectivity index (χ3n) is 3.23. The third kappa shape index (κ3) is 3.82. The highest BCUT2D eigenvalue weighted by Crippen LogP contribution is 2.23. The molecule has 5 heteroatoms. The summed E-state index contributed by atoms with van der Waals surface area (Å²) < 4.78 is 53.4. The molecular formula is C16H15F4N. The smallest absolute Gasteiger partial charge is 0.130 e. The Morgan fingerprint density at radius 1 is 0.905 bits per heavy atom. The maximum atomic E-state index is 13.9. The van der Waals surface area contributed by atoms with Gasteiger partial charge in [0, 0.05) is 23.7 Å². The molecule has 0 saturated carbocycles. The highest BCUT2D eigenvalue weighted by molar-refractivity contribution is 5.26. The Morgan fingerprint density at radius 3 is 2.10 bits per heavy atom. The van der Waals surface area contributed by atoms with Crippen LogP contribution in [0.5, 0.6) is 0 Å². The zero-order chi connectivity index (χ0) is 15.4. The number of halogens is 4. The molecule has 2 aromatic carbocycles. The molecule has 1 N–H and O–H groups in total. The van der Waals surface area contributed by atoms with Crippen molar-refractivity contribution in [2.75, 3.05) is 6.54 Å². The topological polar surface area (TPSA) is 12.0 Å². The predicted molar refractivity (Wildman–Crippen MR) is 72.8 cm³/mol. The Morgan fingerprint density at radius 2 is 1.52 bits per heavy atom. The minimum absolute atomic E-state index is 0.141. The highest BCUT2D eigenvalue weighted by Gasteiger charge is 2.18. The van der Waals surface area contributed by atoms with Gasteiger partial charge in [-0.05, 0) is 30.7 Å². The van der Waals surface area contributed by atoms with Crippen LogP contribution in [0.15, 0.2) is 36.4 Å². The van der Waals surface area contributed by atoms with Crippen LogP contribution in [0, 0.1) is 23.3 Å². The number of nitrogens with one attached hydrogen (secondary N) is 1. The third-order valence-corrected chi connectivity index (χ3v) is 3.23. The molecule has 112 valence electrons. The second-order valence-corrected chi connectivity index (χ2v) is 4.72. The molecule has 0 aliphatic rings. The first kappa shape index (κ1) is 15.5. The summed E-state index contributed by atoms with van der Waals surface area (Å²) in [5.74, 6) is -2.70. The van der Waals surface area contributed by atoms with E-state index >= 15 is 0 Å².